The Hall–Kier alpha value is -0.830. The minimum Gasteiger partial charge on any atom is -0.274 e. The van der Waals surface area contributed by atoms with Gasteiger partial charge in [-0.2, -0.15) is 5.10 Å². The molecule has 0 N–H and O–H groups in total. The lowest BCUT2D eigenvalue weighted by molar-refractivity contribution is 0.107. The minimum atomic E-state index is -0.398. The van der Waals surface area contributed by atoms with Crippen LogP contribution in [0.4, 0.5) is 0 Å². The zero-order valence-corrected chi connectivity index (χ0v) is 8.43. The van der Waals surface area contributed by atoms with Crippen LogP contribution in [0.15, 0.2) is 0 Å². The Balaban J connectivity index is 2.59. The quantitative estimate of drug-likeness (QED) is 0.646. The molecule has 0 bridgehead atoms. The predicted octanol–water partition coefficient (Wildman–Crippen LogP) is 1.85. The van der Waals surface area contributed by atoms with Gasteiger partial charge < -0.3 is 0 Å². The predicted molar refractivity (Wildman–Crippen MR) is 50.1 cm³/mol. The Morgan fingerprint density at radius 2 is 2.38 bits per heavy atom. The summed E-state index contributed by atoms with van der Waals surface area (Å²) in [5, 5.41) is 3.91. The van der Waals surface area contributed by atoms with Gasteiger partial charge in [-0.15, -0.1) is 0 Å². The average molecular weight is 199 g/mol. The number of fused-ring (bicyclic) bond motifs is 1. The van der Waals surface area contributed by atoms with Gasteiger partial charge in [0.05, 0.1) is 5.69 Å². The van der Waals surface area contributed by atoms with Crippen molar-refractivity contribution in [2.24, 2.45) is 7.05 Å². The molecule has 3 nitrogen and oxygen atoms in total. The van der Waals surface area contributed by atoms with Crippen molar-refractivity contribution < 1.29 is 4.79 Å². The fourth-order valence-electron chi connectivity index (χ4n) is 1.97. The summed E-state index contributed by atoms with van der Waals surface area (Å²) in [6.07, 6.45) is 2.01. The SMILES string of the molecule is CC1CCc2c1nn(C)c2C(=O)Cl. The van der Waals surface area contributed by atoms with E-state index in [1.54, 1.807) is 11.7 Å². The average Bonchev–Trinajstić information content (AvgIpc) is 2.51. The molecule has 1 aliphatic rings. The summed E-state index contributed by atoms with van der Waals surface area (Å²) in [5.41, 5.74) is 2.67. The van der Waals surface area contributed by atoms with Gasteiger partial charge >= 0.3 is 0 Å². The molecule has 1 aromatic rings. The van der Waals surface area contributed by atoms with Crippen LogP contribution in [-0.2, 0) is 13.5 Å². The highest BCUT2D eigenvalue weighted by molar-refractivity contribution is 6.67. The summed E-state index contributed by atoms with van der Waals surface area (Å²) >= 11 is 5.48. The first-order valence-electron chi connectivity index (χ1n) is 4.37. The van der Waals surface area contributed by atoms with Crippen molar-refractivity contribution in [2.75, 3.05) is 0 Å². The van der Waals surface area contributed by atoms with Gasteiger partial charge in [-0.3, -0.25) is 9.48 Å². The lowest BCUT2D eigenvalue weighted by Crippen LogP contribution is -2.04. The fourth-order valence-corrected chi connectivity index (χ4v) is 2.21. The lowest BCUT2D eigenvalue weighted by Gasteiger charge is -1.99. The van der Waals surface area contributed by atoms with E-state index in [0.717, 1.165) is 24.1 Å². The van der Waals surface area contributed by atoms with Crippen molar-refractivity contribution in [3.63, 3.8) is 0 Å². The van der Waals surface area contributed by atoms with Crippen LogP contribution in [0.25, 0.3) is 0 Å². The van der Waals surface area contributed by atoms with Gasteiger partial charge in [0.25, 0.3) is 5.24 Å². The molecular weight excluding hydrogens is 188 g/mol. The fraction of sp³-hybridized carbons (Fsp3) is 0.556. The minimum absolute atomic E-state index is 0.398. The van der Waals surface area contributed by atoms with Crippen LogP contribution < -0.4 is 0 Å². The van der Waals surface area contributed by atoms with Crippen molar-refractivity contribution in [3.05, 3.63) is 17.0 Å². The monoisotopic (exact) mass is 198 g/mol. The standard InChI is InChI=1S/C9H11ClN2O/c1-5-3-4-6-7(5)11-12(2)8(6)9(10)13/h5H,3-4H2,1-2H3. The van der Waals surface area contributed by atoms with Crippen LogP contribution >= 0.6 is 11.6 Å². The van der Waals surface area contributed by atoms with Crippen molar-refractivity contribution in [3.8, 4) is 0 Å². The Kier molecular flexibility index (Phi) is 1.91. The first-order valence-corrected chi connectivity index (χ1v) is 4.74. The van der Waals surface area contributed by atoms with E-state index in [9.17, 15) is 4.79 Å². The molecule has 70 valence electrons. The smallest absolute Gasteiger partial charge is 0.270 e. The number of halogens is 1. The maximum absolute atomic E-state index is 11.1. The summed E-state index contributed by atoms with van der Waals surface area (Å²) in [7, 11) is 1.76. The molecule has 1 aliphatic carbocycles. The largest absolute Gasteiger partial charge is 0.274 e. The number of nitrogens with zero attached hydrogens (tertiary/aromatic N) is 2. The summed E-state index contributed by atoms with van der Waals surface area (Å²) in [4.78, 5) is 11.1. The number of hydrogen-bond acceptors (Lipinski definition) is 2. The van der Waals surface area contributed by atoms with E-state index in [0.29, 0.717) is 11.6 Å². The van der Waals surface area contributed by atoms with E-state index in [4.69, 9.17) is 11.6 Å². The van der Waals surface area contributed by atoms with Crippen LogP contribution in [0.1, 0.15) is 41.0 Å². The van der Waals surface area contributed by atoms with Crippen molar-refractivity contribution in [1.82, 2.24) is 9.78 Å². The molecule has 1 aromatic heterocycles. The second kappa shape index (κ2) is 2.84. The second-order valence-electron chi connectivity index (χ2n) is 3.55. The van der Waals surface area contributed by atoms with Gasteiger partial charge in [0.15, 0.2) is 0 Å². The third-order valence-electron chi connectivity index (χ3n) is 2.66. The number of aromatic nitrogens is 2. The molecule has 13 heavy (non-hydrogen) atoms. The molecule has 0 saturated heterocycles. The van der Waals surface area contributed by atoms with Crippen LogP contribution in [0.3, 0.4) is 0 Å². The maximum Gasteiger partial charge on any atom is 0.270 e. The number of carbonyl (C=O) groups is 1. The van der Waals surface area contributed by atoms with E-state index in [1.165, 1.54) is 0 Å². The summed E-state index contributed by atoms with van der Waals surface area (Å²) in [5.74, 6) is 0.464. The third-order valence-corrected chi connectivity index (χ3v) is 2.84. The summed E-state index contributed by atoms with van der Waals surface area (Å²) in [6.45, 7) is 2.13. The highest BCUT2D eigenvalue weighted by atomic mass is 35.5. The maximum atomic E-state index is 11.1. The topological polar surface area (TPSA) is 34.9 Å². The van der Waals surface area contributed by atoms with Gasteiger partial charge in [0, 0.05) is 18.5 Å². The zero-order valence-electron chi connectivity index (χ0n) is 7.67. The van der Waals surface area contributed by atoms with Gasteiger partial charge in [0.1, 0.15) is 5.69 Å². The molecule has 0 spiro atoms. The molecule has 0 fully saturated rings. The molecule has 1 unspecified atom stereocenters. The van der Waals surface area contributed by atoms with Crippen LogP contribution in [0.2, 0.25) is 0 Å². The first kappa shape index (κ1) is 8.75. The molecule has 1 heterocycles. The molecule has 0 aromatic carbocycles. The van der Waals surface area contributed by atoms with Crippen LogP contribution in [-0.4, -0.2) is 15.0 Å². The Morgan fingerprint density at radius 3 is 3.00 bits per heavy atom. The Bertz CT molecular complexity index is 370. The van der Waals surface area contributed by atoms with E-state index in [-0.39, 0.29) is 0 Å². The number of hydrogen-bond donors (Lipinski definition) is 0. The number of carbonyl (C=O) groups excluding carboxylic acids is 1. The van der Waals surface area contributed by atoms with E-state index < -0.39 is 5.24 Å². The van der Waals surface area contributed by atoms with Crippen LogP contribution in [0, 0.1) is 0 Å². The molecule has 0 amide bonds. The van der Waals surface area contributed by atoms with E-state index >= 15 is 0 Å². The van der Waals surface area contributed by atoms with Crippen molar-refractivity contribution in [2.45, 2.75) is 25.7 Å². The Morgan fingerprint density at radius 1 is 1.69 bits per heavy atom. The zero-order chi connectivity index (χ0) is 9.59. The third kappa shape index (κ3) is 1.18. The first-order chi connectivity index (χ1) is 6.11. The Labute approximate surface area is 81.7 Å². The van der Waals surface area contributed by atoms with Gasteiger partial charge in [0.2, 0.25) is 0 Å². The van der Waals surface area contributed by atoms with E-state index in [1.807, 2.05) is 0 Å². The molecule has 0 saturated carbocycles. The van der Waals surface area contributed by atoms with Crippen molar-refractivity contribution >= 4 is 16.8 Å². The normalized spacial score (nSPS) is 20.4. The van der Waals surface area contributed by atoms with Crippen molar-refractivity contribution in [1.29, 1.82) is 0 Å². The van der Waals surface area contributed by atoms with Gasteiger partial charge in [-0.1, -0.05) is 6.92 Å². The highest BCUT2D eigenvalue weighted by Crippen LogP contribution is 2.34. The number of aryl methyl sites for hydroxylation is 1. The molecule has 2 rings (SSSR count). The van der Waals surface area contributed by atoms with Gasteiger partial charge in [-0.25, -0.2) is 0 Å². The summed E-state index contributed by atoms with van der Waals surface area (Å²) in [6, 6.07) is 0. The molecule has 4 heteroatoms. The summed E-state index contributed by atoms with van der Waals surface area (Å²) < 4.78 is 1.59. The second-order valence-corrected chi connectivity index (χ2v) is 3.89. The lowest BCUT2D eigenvalue weighted by atomic mass is 10.1. The number of rotatable bonds is 1. The van der Waals surface area contributed by atoms with E-state index in [2.05, 4.69) is 12.0 Å². The molecule has 1 atom stereocenters. The van der Waals surface area contributed by atoms with Crippen LogP contribution in [0.5, 0.6) is 0 Å². The highest BCUT2D eigenvalue weighted by Gasteiger charge is 2.28. The molecule has 0 aliphatic heterocycles. The molecular formula is C9H11ClN2O. The van der Waals surface area contributed by atoms with Gasteiger partial charge in [-0.05, 0) is 24.4 Å². The molecule has 0 radical (unpaired) electrons.